The Hall–Kier alpha value is -1.03. The molecular formula is C15H19Cl2N3. The first kappa shape index (κ1) is 15.4. The molecule has 2 rings (SSSR count). The molecule has 0 aliphatic carbocycles. The highest BCUT2D eigenvalue weighted by atomic mass is 35.5. The number of benzene rings is 1. The lowest BCUT2D eigenvalue weighted by Crippen LogP contribution is -2.27. The summed E-state index contributed by atoms with van der Waals surface area (Å²) in [6.45, 7) is 4.77. The van der Waals surface area contributed by atoms with Gasteiger partial charge < -0.3 is 5.73 Å². The zero-order chi connectivity index (χ0) is 14.7. The minimum atomic E-state index is 0.00933. The molecule has 0 radical (unpaired) electrons. The highest BCUT2D eigenvalue weighted by Crippen LogP contribution is 2.22. The van der Waals surface area contributed by atoms with Gasteiger partial charge in [-0.3, -0.25) is 4.68 Å². The van der Waals surface area contributed by atoms with Crippen LogP contribution in [0.25, 0.3) is 0 Å². The van der Waals surface area contributed by atoms with Gasteiger partial charge in [-0.2, -0.15) is 5.10 Å². The van der Waals surface area contributed by atoms with E-state index in [9.17, 15) is 0 Å². The number of nitrogens with zero attached hydrogens (tertiary/aromatic N) is 2. The van der Waals surface area contributed by atoms with E-state index in [0.29, 0.717) is 0 Å². The van der Waals surface area contributed by atoms with Gasteiger partial charge in [0.25, 0.3) is 0 Å². The van der Waals surface area contributed by atoms with Crippen LogP contribution in [0.1, 0.15) is 23.9 Å². The van der Waals surface area contributed by atoms with Crippen molar-refractivity contribution in [3.05, 3.63) is 51.3 Å². The maximum absolute atomic E-state index is 6.30. The van der Waals surface area contributed by atoms with Crippen LogP contribution in [0.15, 0.2) is 24.3 Å². The maximum atomic E-state index is 6.30. The number of rotatable bonds is 5. The molecule has 0 saturated heterocycles. The third kappa shape index (κ3) is 3.54. The van der Waals surface area contributed by atoms with Crippen molar-refractivity contribution in [2.24, 2.45) is 5.73 Å². The molecule has 0 bridgehead atoms. The molecule has 20 heavy (non-hydrogen) atoms. The van der Waals surface area contributed by atoms with Crippen LogP contribution >= 0.6 is 23.2 Å². The average Bonchev–Trinajstić information content (AvgIpc) is 2.69. The molecular weight excluding hydrogens is 293 g/mol. The molecule has 1 atom stereocenters. The van der Waals surface area contributed by atoms with Crippen LogP contribution in [0, 0.1) is 6.92 Å². The number of aryl methyl sites for hydroxylation is 2. The van der Waals surface area contributed by atoms with E-state index in [1.807, 2.05) is 35.9 Å². The summed E-state index contributed by atoms with van der Waals surface area (Å²) in [4.78, 5) is 0. The fraction of sp³-hybridized carbons (Fsp3) is 0.400. The molecule has 1 aromatic carbocycles. The molecule has 2 N–H and O–H groups in total. The van der Waals surface area contributed by atoms with Crippen LogP contribution in [-0.2, 0) is 19.4 Å². The van der Waals surface area contributed by atoms with Crippen molar-refractivity contribution in [3.63, 3.8) is 0 Å². The second kappa shape index (κ2) is 6.61. The molecule has 1 heterocycles. The maximum Gasteiger partial charge on any atom is 0.0847 e. The van der Waals surface area contributed by atoms with Gasteiger partial charge in [0, 0.05) is 24.0 Å². The smallest absolute Gasteiger partial charge is 0.0847 e. The predicted molar refractivity (Wildman–Crippen MR) is 84.5 cm³/mol. The summed E-state index contributed by atoms with van der Waals surface area (Å²) >= 11 is 12.2. The van der Waals surface area contributed by atoms with Crippen LogP contribution in [0.2, 0.25) is 10.0 Å². The van der Waals surface area contributed by atoms with Gasteiger partial charge in [0.05, 0.1) is 16.4 Å². The van der Waals surface area contributed by atoms with Crippen molar-refractivity contribution in [3.8, 4) is 0 Å². The zero-order valence-electron chi connectivity index (χ0n) is 11.7. The number of hydrogen-bond acceptors (Lipinski definition) is 2. The van der Waals surface area contributed by atoms with Crippen molar-refractivity contribution in [1.29, 1.82) is 0 Å². The summed E-state index contributed by atoms with van der Waals surface area (Å²) in [6, 6.07) is 7.79. The van der Waals surface area contributed by atoms with Crippen molar-refractivity contribution in [2.75, 3.05) is 0 Å². The summed E-state index contributed by atoms with van der Waals surface area (Å²) in [5.74, 6) is 0. The molecule has 0 aliphatic heterocycles. The Kier molecular flexibility index (Phi) is 5.08. The van der Waals surface area contributed by atoms with Crippen LogP contribution < -0.4 is 5.73 Å². The number of halogens is 2. The van der Waals surface area contributed by atoms with Gasteiger partial charge >= 0.3 is 0 Å². The average molecular weight is 312 g/mol. The van der Waals surface area contributed by atoms with Crippen LogP contribution in [-0.4, -0.2) is 15.8 Å². The highest BCUT2D eigenvalue weighted by Gasteiger charge is 2.16. The topological polar surface area (TPSA) is 43.8 Å². The minimum Gasteiger partial charge on any atom is -0.327 e. The van der Waals surface area contributed by atoms with Gasteiger partial charge in [-0.05, 0) is 38.0 Å². The van der Waals surface area contributed by atoms with E-state index in [4.69, 9.17) is 28.9 Å². The summed E-state index contributed by atoms with van der Waals surface area (Å²) in [5.41, 5.74) is 9.31. The van der Waals surface area contributed by atoms with E-state index < -0.39 is 0 Å². The fourth-order valence-electron chi connectivity index (χ4n) is 2.31. The fourth-order valence-corrected chi connectivity index (χ4v) is 2.65. The van der Waals surface area contributed by atoms with Crippen LogP contribution in [0.5, 0.6) is 0 Å². The standard InChI is InChI=1S/C15H19Cl2N3/c1-3-20-14(15(17)10(2)19-20)9-13(18)8-11-4-6-12(16)7-5-11/h4-7,13H,3,8-9,18H2,1-2H3. The summed E-state index contributed by atoms with van der Waals surface area (Å²) < 4.78 is 1.93. The van der Waals surface area contributed by atoms with Gasteiger partial charge in [0.1, 0.15) is 0 Å². The first-order chi connectivity index (χ1) is 9.51. The summed E-state index contributed by atoms with van der Waals surface area (Å²) in [6.07, 6.45) is 1.51. The third-order valence-electron chi connectivity index (χ3n) is 3.32. The SMILES string of the molecule is CCn1nc(C)c(Cl)c1CC(N)Cc1ccc(Cl)cc1. The molecule has 0 spiro atoms. The van der Waals surface area contributed by atoms with E-state index in [2.05, 4.69) is 12.0 Å². The van der Waals surface area contributed by atoms with Crippen LogP contribution in [0.3, 0.4) is 0 Å². The molecule has 1 unspecified atom stereocenters. The van der Waals surface area contributed by atoms with Gasteiger partial charge in [-0.1, -0.05) is 35.3 Å². The van der Waals surface area contributed by atoms with E-state index in [-0.39, 0.29) is 6.04 Å². The van der Waals surface area contributed by atoms with Gasteiger partial charge in [-0.15, -0.1) is 0 Å². The lowest BCUT2D eigenvalue weighted by atomic mass is 10.0. The number of nitrogens with two attached hydrogens (primary N) is 1. The lowest BCUT2D eigenvalue weighted by molar-refractivity contribution is 0.574. The second-order valence-electron chi connectivity index (χ2n) is 4.96. The molecule has 0 saturated carbocycles. The molecule has 108 valence electrons. The molecule has 0 amide bonds. The molecule has 0 fully saturated rings. The third-order valence-corrected chi connectivity index (χ3v) is 4.06. The second-order valence-corrected chi connectivity index (χ2v) is 5.77. The number of hydrogen-bond donors (Lipinski definition) is 1. The Labute approximate surface area is 129 Å². The molecule has 5 heteroatoms. The Balaban J connectivity index is 2.08. The molecule has 1 aromatic heterocycles. The highest BCUT2D eigenvalue weighted by molar-refractivity contribution is 6.31. The Morgan fingerprint density at radius 3 is 2.45 bits per heavy atom. The Morgan fingerprint density at radius 2 is 1.85 bits per heavy atom. The summed E-state index contributed by atoms with van der Waals surface area (Å²) in [5, 5.41) is 5.89. The predicted octanol–water partition coefficient (Wildman–Crippen LogP) is 3.63. The lowest BCUT2D eigenvalue weighted by Gasteiger charge is -2.13. The zero-order valence-corrected chi connectivity index (χ0v) is 13.2. The Morgan fingerprint density at radius 1 is 1.20 bits per heavy atom. The van der Waals surface area contributed by atoms with Crippen molar-refractivity contribution in [2.45, 2.75) is 39.3 Å². The van der Waals surface area contributed by atoms with Gasteiger partial charge in [0.15, 0.2) is 0 Å². The van der Waals surface area contributed by atoms with Gasteiger partial charge in [0.2, 0.25) is 0 Å². The normalized spacial score (nSPS) is 12.7. The van der Waals surface area contributed by atoms with Crippen molar-refractivity contribution in [1.82, 2.24) is 9.78 Å². The first-order valence-corrected chi connectivity index (χ1v) is 7.48. The largest absolute Gasteiger partial charge is 0.327 e. The van der Waals surface area contributed by atoms with E-state index in [0.717, 1.165) is 40.8 Å². The van der Waals surface area contributed by atoms with Crippen molar-refractivity contribution < 1.29 is 0 Å². The quantitative estimate of drug-likeness (QED) is 0.916. The van der Waals surface area contributed by atoms with Crippen molar-refractivity contribution >= 4 is 23.2 Å². The summed E-state index contributed by atoms with van der Waals surface area (Å²) in [7, 11) is 0. The monoisotopic (exact) mass is 311 g/mol. The molecule has 2 aromatic rings. The number of aromatic nitrogens is 2. The minimum absolute atomic E-state index is 0.00933. The Bertz CT molecular complexity index is 576. The first-order valence-electron chi connectivity index (χ1n) is 6.73. The van der Waals surface area contributed by atoms with E-state index >= 15 is 0 Å². The molecule has 3 nitrogen and oxygen atoms in total. The van der Waals surface area contributed by atoms with E-state index in [1.165, 1.54) is 5.56 Å². The molecule has 0 aliphatic rings. The van der Waals surface area contributed by atoms with Crippen LogP contribution in [0.4, 0.5) is 0 Å². The van der Waals surface area contributed by atoms with Gasteiger partial charge in [-0.25, -0.2) is 0 Å². The van der Waals surface area contributed by atoms with E-state index in [1.54, 1.807) is 0 Å².